The molecule has 0 atom stereocenters. The molecule has 0 unspecified atom stereocenters. The number of nitrogens with one attached hydrogen (secondary N) is 1. The van der Waals surface area contributed by atoms with Crippen LogP contribution in [0.5, 0.6) is 0 Å². The summed E-state index contributed by atoms with van der Waals surface area (Å²) in [5, 5.41) is 14.3. The number of carbonyl (C=O) groups excluding carboxylic acids is 1. The van der Waals surface area contributed by atoms with Gasteiger partial charge in [-0.25, -0.2) is 9.67 Å². The molecule has 0 spiro atoms. The average Bonchev–Trinajstić information content (AvgIpc) is 3.12. The van der Waals surface area contributed by atoms with Gasteiger partial charge >= 0.3 is 0 Å². The van der Waals surface area contributed by atoms with Crippen LogP contribution in [-0.2, 0) is 6.54 Å². The van der Waals surface area contributed by atoms with E-state index in [-0.39, 0.29) is 15.4 Å². The third kappa shape index (κ3) is 3.41. The molecule has 3 rings (SSSR count). The summed E-state index contributed by atoms with van der Waals surface area (Å²) in [5.41, 5.74) is 1.73. The van der Waals surface area contributed by atoms with E-state index in [1.807, 2.05) is 24.3 Å². The van der Waals surface area contributed by atoms with Crippen LogP contribution < -0.4 is 5.32 Å². The number of halogens is 1. The summed E-state index contributed by atoms with van der Waals surface area (Å²) in [6.07, 6.45) is 3.14. The lowest BCUT2D eigenvalue weighted by molar-refractivity contribution is 0.102. The fraction of sp³-hybridized carbons (Fsp3) is 0.0833. The number of hydrogen-bond donors (Lipinski definition) is 1. The van der Waals surface area contributed by atoms with Crippen LogP contribution >= 0.6 is 22.9 Å². The Balaban J connectivity index is 1.65. The van der Waals surface area contributed by atoms with Gasteiger partial charge in [-0.15, -0.1) is 10.2 Å². The zero-order valence-corrected chi connectivity index (χ0v) is 12.2. The minimum absolute atomic E-state index is 0.228. The minimum Gasteiger partial charge on any atom is -0.320 e. The fourth-order valence-corrected chi connectivity index (χ4v) is 2.40. The molecule has 0 bridgehead atoms. The van der Waals surface area contributed by atoms with Crippen molar-refractivity contribution in [3.8, 4) is 0 Å². The van der Waals surface area contributed by atoms with Crippen LogP contribution in [-0.4, -0.2) is 30.9 Å². The summed E-state index contributed by atoms with van der Waals surface area (Å²) >= 11 is 6.68. The molecule has 1 N–H and O–H groups in total. The second kappa shape index (κ2) is 5.98. The Morgan fingerprint density at radius 1 is 1.29 bits per heavy atom. The Morgan fingerprint density at radius 2 is 2.10 bits per heavy atom. The number of hydrogen-bond acceptors (Lipinski definition) is 6. The Kier molecular flexibility index (Phi) is 3.89. The molecule has 3 aromatic rings. The Morgan fingerprint density at radius 3 is 2.71 bits per heavy atom. The molecule has 0 radical (unpaired) electrons. The number of benzene rings is 1. The SMILES string of the molecule is O=C(Nc1ccc(Cn2cncn2)cc1)c1nnc(Cl)s1. The summed E-state index contributed by atoms with van der Waals surface area (Å²) in [7, 11) is 0. The molecule has 2 heterocycles. The summed E-state index contributed by atoms with van der Waals surface area (Å²) in [5.74, 6) is -0.330. The number of carbonyl (C=O) groups is 1. The molecule has 0 aliphatic carbocycles. The highest BCUT2D eigenvalue weighted by atomic mass is 35.5. The summed E-state index contributed by atoms with van der Waals surface area (Å²) < 4.78 is 1.96. The lowest BCUT2D eigenvalue weighted by Crippen LogP contribution is -2.11. The van der Waals surface area contributed by atoms with Crippen molar-refractivity contribution in [3.05, 3.63) is 52.0 Å². The first-order chi connectivity index (χ1) is 10.2. The highest BCUT2D eigenvalue weighted by molar-refractivity contribution is 7.17. The van der Waals surface area contributed by atoms with Crippen molar-refractivity contribution >= 4 is 34.5 Å². The first kappa shape index (κ1) is 13.7. The van der Waals surface area contributed by atoms with Crippen LogP contribution in [0.1, 0.15) is 15.4 Å². The smallest absolute Gasteiger partial charge is 0.286 e. The van der Waals surface area contributed by atoms with E-state index in [1.54, 1.807) is 11.0 Å². The molecule has 1 aromatic carbocycles. The first-order valence-corrected chi connectivity index (χ1v) is 7.12. The quantitative estimate of drug-likeness (QED) is 0.795. The molecular weight excluding hydrogens is 312 g/mol. The molecule has 9 heteroatoms. The maximum absolute atomic E-state index is 11.9. The Labute approximate surface area is 128 Å². The van der Waals surface area contributed by atoms with E-state index >= 15 is 0 Å². The predicted molar refractivity (Wildman–Crippen MR) is 78.4 cm³/mol. The van der Waals surface area contributed by atoms with Gasteiger partial charge in [0.15, 0.2) is 0 Å². The second-order valence-corrected chi connectivity index (χ2v) is 5.66. The van der Waals surface area contributed by atoms with Crippen molar-refractivity contribution in [1.29, 1.82) is 0 Å². The van der Waals surface area contributed by atoms with Gasteiger partial charge in [0.05, 0.1) is 6.54 Å². The molecule has 0 saturated heterocycles. The highest BCUT2D eigenvalue weighted by Gasteiger charge is 2.12. The van der Waals surface area contributed by atoms with E-state index in [4.69, 9.17) is 11.6 Å². The normalized spacial score (nSPS) is 10.5. The van der Waals surface area contributed by atoms with Gasteiger partial charge in [0, 0.05) is 5.69 Å². The summed E-state index contributed by atoms with van der Waals surface area (Å²) in [6.45, 7) is 0.625. The lowest BCUT2D eigenvalue weighted by Gasteiger charge is -2.05. The van der Waals surface area contributed by atoms with E-state index < -0.39 is 0 Å². The van der Waals surface area contributed by atoms with Gasteiger partial charge in [-0.3, -0.25) is 4.79 Å². The highest BCUT2D eigenvalue weighted by Crippen LogP contribution is 2.17. The van der Waals surface area contributed by atoms with E-state index in [9.17, 15) is 4.79 Å². The molecule has 0 aliphatic rings. The van der Waals surface area contributed by atoms with Gasteiger partial charge in [0.1, 0.15) is 12.7 Å². The van der Waals surface area contributed by atoms with Crippen molar-refractivity contribution in [2.45, 2.75) is 6.54 Å². The Hall–Kier alpha value is -2.32. The molecular formula is C12H9ClN6OS. The molecule has 0 saturated carbocycles. The summed E-state index contributed by atoms with van der Waals surface area (Å²) in [6, 6.07) is 7.44. The van der Waals surface area contributed by atoms with Crippen molar-refractivity contribution in [2.24, 2.45) is 0 Å². The standard InChI is InChI=1S/C12H9ClN6OS/c13-12-18-17-11(21-12)10(20)16-9-3-1-8(2-4-9)5-19-7-14-6-15-19/h1-4,6-7H,5H2,(H,16,20). The molecule has 1 amide bonds. The van der Waals surface area contributed by atoms with E-state index in [2.05, 4.69) is 25.6 Å². The monoisotopic (exact) mass is 320 g/mol. The maximum atomic E-state index is 11.9. The maximum Gasteiger partial charge on any atom is 0.286 e. The Bertz CT molecular complexity index is 739. The number of anilines is 1. The van der Waals surface area contributed by atoms with Crippen LogP contribution in [0.3, 0.4) is 0 Å². The van der Waals surface area contributed by atoms with Crippen molar-refractivity contribution in [1.82, 2.24) is 25.0 Å². The number of nitrogens with zero attached hydrogens (tertiary/aromatic N) is 5. The van der Waals surface area contributed by atoms with Crippen molar-refractivity contribution < 1.29 is 4.79 Å². The van der Waals surface area contributed by atoms with Crippen LogP contribution in [0.2, 0.25) is 4.47 Å². The molecule has 0 fully saturated rings. The van der Waals surface area contributed by atoms with Crippen molar-refractivity contribution in [3.63, 3.8) is 0 Å². The zero-order chi connectivity index (χ0) is 14.7. The van der Waals surface area contributed by atoms with E-state index in [0.29, 0.717) is 12.2 Å². The van der Waals surface area contributed by atoms with Crippen LogP contribution in [0.15, 0.2) is 36.9 Å². The van der Waals surface area contributed by atoms with Crippen molar-refractivity contribution in [2.75, 3.05) is 5.32 Å². The van der Waals surface area contributed by atoms with Crippen LogP contribution in [0, 0.1) is 0 Å². The van der Waals surface area contributed by atoms with E-state index in [1.165, 1.54) is 6.33 Å². The third-order valence-electron chi connectivity index (χ3n) is 2.62. The van der Waals surface area contributed by atoms with Gasteiger partial charge in [-0.2, -0.15) is 5.10 Å². The second-order valence-electron chi connectivity index (χ2n) is 4.10. The molecule has 21 heavy (non-hydrogen) atoms. The minimum atomic E-state index is -0.330. The van der Waals surface area contributed by atoms with Crippen LogP contribution in [0.4, 0.5) is 5.69 Å². The van der Waals surface area contributed by atoms with Crippen LogP contribution in [0.25, 0.3) is 0 Å². The van der Waals surface area contributed by atoms with Gasteiger partial charge in [0.25, 0.3) is 5.91 Å². The molecule has 0 aliphatic heterocycles. The largest absolute Gasteiger partial charge is 0.320 e. The third-order valence-corrected chi connectivity index (χ3v) is 3.64. The lowest BCUT2D eigenvalue weighted by atomic mass is 10.2. The molecule has 106 valence electrons. The van der Waals surface area contributed by atoms with Gasteiger partial charge in [0.2, 0.25) is 9.47 Å². The predicted octanol–water partition coefficient (Wildman–Crippen LogP) is 2.08. The first-order valence-electron chi connectivity index (χ1n) is 5.92. The van der Waals surface area contributed by atoms with E-state index in [0.717, 1.165) is 16.9 Å². The average molecular weight is 321 g/mol. The summed E-state index contributed by atoms with van der Waals surface area (Å²) in [4.78, 5) is 15.8. The number of amides is 1. The number of aromatic nitrogens is 5. The van der Waals surface area contributed by atoms with Gasteiger partial charge < -0.3 is 5.32 Å². The number of rotatable bonds is 4. The fourth-order valence-electron chi connectivity index (χ4n) is 1.68. The topological polar surface area (TPSA) is 85.6 Å². The molecule has 2 aromatic heterocycles. The van der Waals surface area contributed by atoms with Gasteiger partial charge in [-0.1, -0.05) is 23.5 Å². The zero-order valence-electron chi connectivity index (χ0n) is 10.6. The van der Waals surface area contributed by atoms with Gasteiger partial charge in [-0.05, 0) is 29.3 Å². The molecule has 7 nitrogen and oxygen atoms in total.